The molecule has 0 bridgehead atoms. The number of ether oxygens (including phenoxy) is 1. The zero-order valence-electron chi connectivity index (χ0n) is 10.3. The number of carbonyl (C=O) groups excluding carboxylic acids is 1. The molecule has 0 aromatic carbocycles. The summed E-state index contributed by atoms with van der Waals surface area (Å²) in [4.78, 5) is 10.8. The van der Waals surface area contributed by atoms with Gasteiger partial charge < -0.3 is 4.74 Å². The van der Waals surface area contributed by atoms with E-state index in [0.717, 1.165) is 31.0 Å². The fourth-order valence-electron chi connectivity index (χ4n) is 1.26. The molecule has 0 unspecified atom stereocenters. The van der Waals surface area contributed by atoms with Crippen LogP contribution in [-0.2, 0) is 19.6 Å². The van der Waals surface area contributed by atoms with Crippen molar-refractivity contribution in [1.29, 1.82) is 0 Å². The SMILES string of the molecule is O=C(OCCCCCCCCBr)C(F)(F)S(=O)(=O)O. The molecule has 0 atom stereocenters. The topological polar surface area (TPSA) is 80.7 Å². The van der Waals surface area contributed by atoms with Gasteiger partial charge in [0.2, 0.25) is 0 Å². The molecule has 0 spiro atoms. The normalized spacial score (nSPS) is 12.4. The van der Waals surface area contributed by atoms with Gasteiger partial charge in [0.1, 0.15) is 0 Å². The van der Waals surface area contributed by atoms with Crippen molar-refractivity contribution in [2.24, 2.45) is 0 Å². The number of esters is 1. The van der Waals surface area contributed by atoms with E-state index >= 15 is 0 Å². The van der Waals surface area contributed by atoms with Crippen molar-refractivity contribution >= 4 is 32.0 Å². The van der Waals surface area contributed by atoms with Gasteiger partial charge in [-0.2, -0.15) is 17.2 Å². The molecule has 0 heterocycles. The Kier molecular flexibility index (Phi) is 8.67. The van der Waals surface area contributed by atoms with Crippen molar-refractivity contribution in [1.82, 2.24) is 0 Å². The van der Waals surface area contributed by atoms with Crippen molar-refractivity contribution in [3.63, 3.8) is 0 Å². The van der Waals surface area contributed by atoms with Gasteiger partial charge in [-0.1, -0.05) is 41.6 Å². The van der Waals surface area contributed by atoms with E-state index in [9.17, 15) is 22.0 Å². The Hall–Kier alpha value is -0.280. The number of hydrogen-bond donors (Lipinski definition) is 1. The maximum absolute atomic E-state index is 12.7. The largest absolute Gasteiger partial charge is 0.465 e. The highest BCUT2D eigenvalue weighted by Gasteiger charge is 2.54. The Labute approximate surface area is 119 Å². The summed E-state index contributed by atoms with van der Waals surface area (Å²) < 4.78 is 58.2. The van der Waals surface area contributed by atoms with Gasteiger partial charge in [-0.05, 0) is 12.8 Å². The lowest BCUT2D eigenvalue weighted by atomic mass is 10.1. The van der Waals surface area contributed by atoms with Crippen LogP contribution < -0.4 is 0 Å². The van der Waals surface area contributed by atoms with Crippen LogP contribution in [-0.4, -0.2) is 36.1 Å². The van der Waals surface area contributed by atoms with E-state index in [4.69, 9.17) is 4.55 Å². The molecular weight excluding hydrogens is 350 g/mol. The van der Waals surface area contributed by atoms with Gasteiger partial charge in [-0.15, -0.1) is 0 Å². The molecule has 0 aliphatic carbocycles. The van der Waals surface area contributed by atoms with Crippen LogP contribution in [0.2, 0.25) is 0 Å². The van der Waals surface area contributed by atoms with E-state index < -0.39 is 21.3 Å². The first-order valence-electron chi connectivity index (χ1n) is 5.81. The molecule has 0 saturated carbocycles. The van der Waals surface area contributed by atoms with Crippen LogP contribution in [0.5, 0.6) is 0 Å². The minimum absolute atomic E-state index is 0.289. The van der Waals surface area contributed by atoms with Crippen LogP contribution in [0.15, 0.2) is 0 Å². The van der Waals surface area contributed by atoms with Gasteiger partial charge in [0.25, 0.3) is 0 Å². The molecule has 9 heteroatoms. The van der Waals surface area contributed by atoms with Crippen molar-refractivity contribution in [2.45, 2.75) is 43.8 Å². The van der Waals surface area contributed by atoms with Crippen molar-refractivity contribution in [3.8, 4) is 0 Å². The summed E-state index contributed by atoms with van der Waals surface area (Å²) in [6.45, 7) is -0.289. The van der Waals surface area contributed by atoms with Crippen LogP contribution >= 0.6 is 15.9 Å². The van der Waals surface area contributed by atoms with Crippen molar-refractivity contribution in [2.75, 3.05) is 11.9 Å². The highest BCUT2D eigenvalue weighted by molar-refractivity contribution is 9.09. The summed E-state index contributed by atoms with van der Waals surface area (Å²) in [5, 5.41) is -3.96. The average molecular weight is 367 g/mol. The molecule has 0 aromatic heterocycles. The Morgan fingerprint density at radius 3 is 2.05 bits per heavy atom. The first-order valence-corrected chi connectivity index (χ1v) is 8.37. The van der Waals surface area contributed by atoms with E-state index in [1.165, 1.54) is 0 Å². The standard InChI is InChI=1S/C10H17BrF2O5S/c11-7-5-3-1-2-4-6-8-18-9(14)10(12,13)19(15,16)17/h1-8H2,(H,15,16,17). The number of rotatable bonds is 10. The van der Waals surface area contributed by atoms with Gasteiger partial charge >= 0.3 is 21.3 Å². The highest BCUT2D eigenvalue weighted by atomic mass is 79.9. The van der Waals surface area contributed by atoms with Gasteiger partial charge in [0.15, 0.2) is 0 Å². The molecule has 5 nitrogen and oxygen atoms in total. The smallest absolute Gasteiger partial charge is 0.460 e. The second kappa shape index (κ2) is 8.80. The zero-order valence-corrected chi connectivity index (χ0v) is 12.7. The summed E-state index contributed by atoms with van der Waals surface area (Å²) in [5.41, 5.74) is 0. The van der Waals surface area contributed by atoms with E-state index in [0.29, 0.717) is 12.8 Å². The number of alkyl halides is 3. The molecule has 1 N–H and O–H groups in total. The molecule has 0 amide bonds. The lowest BCUT2D eigenvalue weighted by molar-refractivity contribution is -0.161. The summed E-state index contributed by atoms with van der Waals surface area (Å²) in [5.74, 6) is -2.24. The number of unbranched alkanes of at least 4 members (excludes halogenated alkanes) is 5. The predicted molar refractivity (Wildman–Crippen MR) is 69.0 cm³/mol. The predicted octanol–water partition coefficient (Wildman–Crippen LogP) is 2.75. The molecular formula is C10H17BrF2O5S. The van der Waals surface area contributed by atoms with Crippen LogP contribution in [0.1, 0.15) is 38.5 Å². The van der Waals surface area contributed by atoms with Crippen molar-refractivity contribution < 1.29 is 31.3 Å². The van der Waals surface area contributed by atoms with Crippen LogP contribution in [0.25, 0.3) is 0 Å². The molecule has 0 fully saturated rings. The Bertz CT molecular complexity index is 372. The summed E-state index contributed by atoms with van der Waals surface area (Å²) >= 11 is 3.30. The minimum atomic E-state index is -5.77. The molecule has 0 aliphatic rings. The first-order chi connectivity index (χ1) is 8.73. The molecule has 0 aromatic rings. The van der Waals surface area contributed by atoms with Gasteiger partial charge in [-0.25, -0.2) is 4.79 Å². The second-order valence-electron chi connectivity index (χ2n) is 3.94. The number of halogens is 3. The van der Waals surface area contributed by atoms with Crippen LogP contribution in [0.4, 0.5) is 8.78 Å². The number of hydrogen-bond acceptors (Lipinski definition) is 4. The van der Waals surface area contributed by atoms with Gasteiger partial charge in [0.05, 0.1) is 6.61 Å². The molecule has 0 saturated heterocycles. The lowest BCUT2D eigenvalue weighted by Gasteiger charge is -2.11. The van der Waals surface area contributed by atoms with E-state index in [1.54, 1.807) is 0 Å². The zero-order chi connectivity index (χ0) is 14.9. The fourth-order valence-corrected chi connectivity index (χ4v) is 1.92. The quantitative estimate of drug-likeness (QED) is 0.278. The first kappa shape index (κ1) is 18.7. The monoisotopic (exact) mass is 366 g/mol. The third-order valence-electron chi connectivity index (χ3n) is 2.32. The maximum Gasteiger partial charge on any atom is 0.465 e. The van der Waals surface area contributed by atoms with Gasteiger partial charge in [0, 0.05) is 5.33 Å². The summed E-state index contributed by atoms with van der Waals surface area (Å²) in [7, 11) is -5.77. The Morgan fingerprint density at radius 2 is 1.58 bits per heavy atom. The summed E-state index contributed by atoms with van der Waals surface area (Å²) in [6.07, 6.45) is 5.09. The van der Waals surface area contributed by atoms with Crippen molar-refractivity contribution in [3.05, 3.63) is 0 Å². The molecule has 0 aliphatic heterocycles. The fraction of sp³-hybridized carbons (Fsp3) is 0.900. The van der Waals surface area contributed by atoms with Crippen LogP contribution in [0, 0.1) is 0 Å². The van der Waals surface area contributed by atoms with Gasteiger partial charge in [-0.3, -0.25) is 4.55 Å². The maximum atomic E-state index is 12.7. The van der Waals surface area contributed by atoms with E-state index in [1.807, 2.05) is 0 Å². The lowest BCUT2D eigenvalue weighted by Crippen LogP contribution is -2.39. The van der Waals surface area contributed by atoms with E-state index in [-0.39, 0.29) is 6.61 Å². The Morgan fingerprint density at radius 1 is 1.11 bits per heavy atom. The minimum Gasteiger partial charge on any atom is -0.460 e. The average Bonchev–Trinajstić information content (AvgIpc) is 2.30. The number of carbonyl (C=O) groups is 1. The third-order valence-corrected chi connectivity index (χ3v) is 3.70. The molecule has 19 heavy (non-hydrogen) atoms. The second-order valence-corrected chi connectivity index (χ2v) is 6.19. The summed E-state index contributed by atoms with van der Waals surface area (Å²) in [6, 6.07) is 0. The van der Waals surface area contributed by atoms with E-state index in [2.05, 4.69) is 20.7 Å². The molecule has 0 rings (SSSR count). The molecule has 114 valence electrons. The Balaban J connectivity index is 3.76. The highest BCUT2D eigenvalue weighted by Crippen LogP contribution is 2.22. The third kappa shape index (κ3) is 7.17. The van der Waals surface area contributed by atoms with Crippen LogP contribution in [0.3, 0.4) is 0 Å². The molecule has 0 radical (unpaired) electrons.